The molecule has 156 valence electrons. The van der Waals surface area contributed by atoms with Gasteiger partial charge in [0, 0.05) is 16.8 Å². The zero-order chi connectivity index (χ0) is 22.1. The highest BCUT2D eigenvalue weighted by atomic mass is 35.5. The Morgan fingerprint density at radius 1 is 1.16 bits per heavy atom. The Bertz CT molecular complexity index is 1440. The Morgan fingerprint density at radius 3 is 2.71 bits per heavy atom. The van der Waals surface area contributed by atoms with Crippen molar-refractivity contribution in [2.75, 3.05) is 0 Å². The summed E-state index contributed by atoms with van der Waals surface area (Å²) in [5, 5.41) is 20.3. The fraction of sp³-hybridized carbons (Fsp3) is 0.0500. The molecule has 0 saturated carbocycles. The molecule has 0 atom stereocenters. The van der Waals surface area contributed by atoms with E-state index in [2.05, 4.69) is 20.2 Å². The van der Waals surface area contributed by atoms with Gasteiger partial charge in [0.1, 0.15) is 5.56 Å². The summed E-state index contributed by atoms with van der Waals surface area (Å²) in [6.45, 7) is 1.85. The molecule has 0 aliphatic heterocycles. The average Bonchev–Trinajstić information content (AvgIpc) is 3.16. The largest absolute Gasteiger partial charge is 0.493 e. The van der Waals surface area contributed by atoms with Gasteiger partial charge in [-0.05, 0) is 42.8 Å². The number of H-pyrrole nitrogens is 1. The SMILES string of the molecule is Cc1cccc(-n2c(O)c(/C=N/c3nnc(-c4ccc(Cl)cc4Cl)s3)c(=O)[nH]c2=O)c1. The van der Waals surface area contributed by atoms with Crippen LogP contribution in [-0.4, -0.2) is 31.1 Å². The highest BCUT2D eigenvalue weighted by molar-refractivity contribution is 7.18. The molecule has 4 aromatic rings. The molecule has 0 aliphatic carbocycles. The number of nitrogens with one attached hydrogen (secondary N) is 1. The van der Waals surface area contributed by atoms with Gasteiger partial charge >= 0.3 is 5.69 Å². The minimum Gasteiger partial charge on any atom is -0.493 e. The van der Waals surface area contributed by atoms with E-state index in [4.69, 9.17) is 23.2 Å². The number of aromatic nitrogens is 4. The van der Waals surface area contributed by atoms with Crippen molar-refractivity contribution in [2.24, 2.45) is 4.99 Å². The van der Waals surface area contributed by atoms with E-state index in [0.29, 0.717) is 26.3 Å². The molecule has 2 N–H and O–H groups in total. The Labute approximate surface area is 189 Å². The second-order valence-electron chi connectivity index (χ2n) is 6.44. The number of aromatic amines is 1. The molecule has 31 heavy (non-hydrogen) atoms. The number of benzene rings is 2. The van der Waals surface area contributed by atoms with Gasteiger partial charge in [-0.3, -0.25) is 9.78 Å². The molecule has 0 saturated heterocycles. The van der Waals surface area contributed by atoms with Gasteiger partial charge in [0.15, 0.2) is 5.01 Å². The average molecular weight is 474 g/mol. The first-order valence-corrected chi connectivity index (χ1v) is 10.4. The van der Waals surface area contributed by atoms with Gasteiger partial charge in [0.2, 0.25) is 11.0 Å². The van der Waals surface area contributed by atoms with E-state index in [-0.39, 0.29) is 10.7 Å². The lowest BCUT2D eigenvalue weighted by molar-refractivity contribution is 0.430. The first kappa shape index (κ1) is 21.0. The number of halogens is 2. The molecule has 4 rings (SSSR count). The van der Waals surface area contributed by atoms with Crippen molar-refractivity contribution in [3.63, 3.8) is 0 Å². The second-order valence-corrected chi connectivity index (χ2v) is 8.24. The van der Waals surface area contributed by atoms with Gasteiger partial charge in [-0.2, -0.15) is 0 Å². The number of rotatable bonds is 4. The summed E-state index contributed by atoms with van der Waals surface area (Å²) in [6, 6.07) is 11.9. The van der Waals surface area contributed by atoms with Crippen molar-refractivity contribution in [2.45, 2.75) is 6.92 Å². The smallest absolute Gasteiger partial charge is 0.335 e. The van der Waals surface area contributed by atoms with E-state index in [1.807, 2.05) is 13.0 Å². The van der Waals surface area contributed by atoms with E-state index in [1.54, 1.807) is 36.4 Å². The molecule has 0 spiro atoms. The molecule has 2 aromatic heterocycles. The van der Waals surface area contributed by atoms with Crippen LogP contribution in [0, 0.1) is 6.92 Å². The maximum absolute atomic E-state index is 12.3. The lowest BCUT2D eigenvalue weighted by Gasteiger charge is -2.09. The summed E-state index contributed by atoms with van der Waals surface area (Å²) in [5.74, 6) is -0.534. The Kier molecular flexibility index (Phi) is 5.73. The monoisotopic (exact) mass is 473 g/mol. The molecule has 0 radical (unpaired) electrons. The lowest BCUT2D eigenvalue weighted by Crippen LogP contribution is -2.31. The van der Waals surface area contributed by atoms with Crippen LogP contribution in [0.15, 0.2) is 57.0 Å². The summed E-state index contributed by atoms with van der Waals surface area (Å²) < 4.78 is 0.995. The van der Waals surface area contributed by atoms with Crippen LogP contribution in [0.4, 0.5) is 5.13 Å². The third-order valence-electron chi connectivity index (χ3n) is 4.26. The predicted octanol–water partition coefficient (Wildman–Crippen LogP) is 4.12. The second kappa shape index (κ2) is 8.46. The van der Waals surface area contributed by atoms with Crippen LogP contribution in [0.25, 0.3) is 16.3 Å². The lowest BCUT2D eigenvalue weighted by atomic mass is 10.2. The standard InChI is InChI=1S/C20H13Cl2N5O3S/c1-10-3-2-4-12(7-10)27-18(29)14(16(28)24-20(27)30)9-23-19-26-25-17(31-19)13-6-5-11(21)8-15(13)22/h2-9,29H,1H3,(H,24,28,30)/b23-9+. The predicted molar refractivity (Wildman–Crippen MR) is 122 cm³/mol. The first-order valence-electron chi connectivity index (χ1n) is 8.82. The van der Waals surface area contributed by atoms with Gasteiger partial charge in [0.25, 0.3) is 5.56 Å². The topological polar surface area (TPSA) is 113 Å². The molecule has 0 aliphatic rings. The molecule has 2 heterocycles. The third kappa shape index (κ3) is 4.29. The van der Waals surface area contributed by atoms with Crippen LogP contribution in [-0.2, 0) is 0 Å². The molecular formula is C20H13Cl2N5O3S. The number of aryl methyl sites for hydroxylation is 1. The number of aromatic hydroxyl groups is 1. The fourth-order valence-electron chi connectivity index (χ4n) is 2.82. The van der Waals surface area contributed by atoms with Gasteiger partial charge in [-0.15, -0.1) is 10.2 Å². The number of hydrogen-bond donors (Lipinski definition) is 2. The summed E-state index contributed by atoms with van der Waals surface area (Å²) >= 11 is 13.2. The highest BCUT2D eigenvalue weighted by Crippen LogP contribution is 2.34. The van der Waals surface area contributed by atoms with E-state index in [9.17, 15) is 14.7 Å². The Morgan fingerprint density at radius 2 is 1.97 bits per heavy atom. The van der Waals surface area contributed by atoms with Crippen LogP contribution < -0.4 is 11.2 Å². The zero-order valence-electron chi connectivity index (χ0n) is 15.8. The minimum atomic E-state index is -0.777. The molecule has 0 amide bonds. The van der Waals surface area contributed by atoms with Gasteiger partial charge in [0.05, 0.1) is 10.7 Å². The van der Waals surface area contributed by atoms with Crippen molar-refractivity contribution in [3.8, 4) is 22.1 Å². The fourth-order valence-corrected chi connectivity index (χ4v) is 4.10. The van der Waals surface area contributed by atoms with Crippen LogP contribution in [0.1, 0.15) is 11.1 Å². The zero-order valence-corrected chi connectivity index (χ0v) is 18.2. The molecule has 2 aromatic carbocycles. The van der Waals surface area contributed by atoms with Crippen molar-refractivity contribution < 1.29 is 5.11 Å². The maximum atomic E-state index is 12.3. The minimum absolute atomic E-state index is 0.192. The van der Waals surface area contributed by atoms with Crippen LogP contribution in [0.3, 0.4) is 0 Å². The normalized spacial score (nSPS) is 11.3. The van der Waals surface area contributed by atoms with Crippen molar-refractivity contribution in [1.29, 1.82) is 0 Å². The summed E-state index contributed by atoms with van der Waals surface area (Å²) in [6.07, 6.45) is 1.13. The Balaban J connectivity index is 1.72. The molecule has 0 bridgehead atoms. The first-order chi connectivity index (χ1) is 14.8. The number of hydrogen-bond acceptors (Lipinski definition) is 7. The molecule has 0 fully saturated rings. The summed E-state index contributed by atoms with van der Waals surface area (Å²) in [7, 11) is 0. The van der Waals surface area contributed by atoms with E-state index < -0.39 is 17.1 Å². The summed E-state index contributed by atoms with van der Waals surface area (Å²) in [5.41, 5.74) is 0.194. The van der Waals surface area contributed by atoms with Gasteiger partial charge < -0.3 is 5.11 Å². The van der Waals surface area contributed by atoms with Crippen molar-refractivity contribution >= 4 is 45.9 Å². The number of nitrogens with zero attached hydrogens (tertiary/aromatic N) is 4. The van der Waals surface area contributed by atoms with Crippen molar-refractivity contribution in [3.05, 3.63) is 84.5 Å². The van der Waals surface area contributed by atoms with E-state index in [0.717, 1.165) is 27.7 Å². The van der Waals surface area contributed by atoms with Crippen LogP contribution in [0.5, 0.6) is 5.88 Å². The van der Waals surface area contributed by atoms with E-state index >= 15 is 0 Å². The quantitative estimate of drug-likeness (QED) is 0.432. The molecule has 11 heteroatoms. The summed E-state index contributed by atoms with van der Waals surface area (Å²) in [4.78, 5) is 30.8. The van der Waals surface area contributed by atoms with Crippen molar-refractivity contribution in [1.82, 2.24) is 19.7 Å². The van der Waals surface area contributed by atoms with Crippen LogP contribution in [0.2, 0.25) is 10.0 Å². The van der Waals surface area contributed by atoms with Crippen LogP contribution >= 0.6 is 34.5 Å². The van der Waals surface area contributed by atoms with E-state index in [1.165, 1.54) is 0 Å². The molecule has 0 unspecified atom stereocenters. The van der Waals surface area contributed by atoms with Gasteiger partial charge in [-0.25, -0.2) is 14.4 Å². The third-order valence-corrected chi connectivity index (χ3v) is 5.67. The van der Waals surface area contributed by atoms with Gasteiger partial charge in [-0.1, -0.05) is 46.7 Å². The highest BCUT2D eigenvalue weighted by Gasteiger charge is 2.15. The maximum Gasteiger partial charge on any atom is 0.335 e. The molecular weight excluding hydrogens is 461 g/mol. The number of aliphatic imine (C=N–C) groups is 1. The Hall–Kier alpha value is -3.27. The molecule has 8 nitrogen and oxygen atoms in total.